The topological polar surface area (TPSA) is 75.6 Å². The van der Waals surface area contributed by atoms with Gasteiger partial charge in [-0.05, 0) is 12.1 Å². The molecule has 0 spiro atoms. The number of H-pyrrole nitrogens is 1. The molecule has 6 heteroatoms. The number of benzene rings is 2. The number of hydrogen-bond donors (Lipinski definition) is 2. The average Bonchev–Trinajstić information content (AvgIpc) is 3.33. The number of carbonyl (C=O) groups is 1. The standard InChI is InChI=1S/C19H15N5O/c25-19(18-20-11-12-21-18)22-17-13-16(14-7-3-1-4-8-14)23-24(17)15-9-5-2-6-10-15/h1-13H,(H,20,21)(H,22,25). The molecule has 0 saturated carbocycles. The molecule has 2 aromatic heterocycles. The molecule has 4 aromatic rings. The van der Waals surface area contributed by atoms with E-state index in [0.717, 1.165) is 16.9 Å². The summed E-state index contributed by atoms with van der Waals surface area (Å²) in [4.78, 5) is 19.1. The van der Waals surface area contributed by atoms with Gasteiger partial charge in [-0.3, -0.25) is 4.79 Å². The van der Waals surface area contributed by atoms with Gasteiger partial charge < -0.3 is 10.3 Å². The second-order valence-corrected chi connectivity index (χ2v) is 5.42. The molecule has 2 heterocycles. The Morgan fingerprint density at radius 1 is 1.00 bits per heavy atom. The van der Waals surface area contributed by atoms with Crippen LogP contribution in [0.2, 0.25) is 0 Å². The first-order valence-electron chi connectivity index (χ1n) is 7.83. The fraction of sp³-hybridized carbons (Fsp3) is 0. The van der Waals surface area contributed by atoms with Crippen LogP contribution in [-0.4, -0.2) is 25.7 Å². The van der Waals surface area contributed by atoms with E-state index in [1.807, 2.05) is 66.7 Å². The maximum atomic E-state index is 12.4. The molecule has 4 rings (SSSR count). The van der Waals surface area contributed by atoms with Crippen LogP contribution in [0.1, 0.15) is 10.6 Å². The highest BCUT2D eigenvalue weighted by atomic mass is 16.2. The van der Waals surface area contributed by atoms with Gasteiger partial charge in [-0.25, -0.2) is 9.67 Å². The predicted octanol–water partition coefficient (Wildman–Crippen LogP) is 3.51. The van der Waals surface area contributed by atoms with E-state index in [1.165, 1.54) is 0 Å². The molecule has 25 heavy (non-hydrogen) atoms. The predicted molar refractivity (Wildman–Crippen MR) is 95.5 cm³/mol. The normalized spacial score (nSPS) is 10.6. The van der Waals surface area contributed by atoms with E-state index in [9.17, 15) is 4.79 Å². The summed E-state index contributed by atoms with van der Waals surface area (Å²) in [5.41, 5.74) is 2.62. The third-order valence-corrected chi connectivity index (χ3v) is 3.73. The van der Waals surface area contributed by atoms with Crippen LogP contribution in [0.3, 0.4) is 0 Å². The number of carbonyl (C=O) groups excluding carboxylic acids is 1. The summed E-state index contributed by atoms with van der Waals surface area (Å²) in [7, 11) is 0. The number of imidazole rings is 1. The Kier molecular flexibility index (Phi) is 3.84. The number of rotatable bonds is 4. The van der Waals surface area contributed by atoms with Gasteiger partial charge in [0.05, 0.1) is 11.4 Å². The number of hydrogen-bond acceptors (Lipinski definition) is 3. The summed E-state index contributed by atoms with van der Waals surface area (Å²) >= 11 is 0. The molecule has 0 saturated heterocycles. The fourth-order valence-electron chi connectivity index (χ4n) is 2.55. The number of anilines is 1. The molecule has 0 bridgehead atoms. The highest BCUT2D eigenvalue weighted by Crippen LogP contribution is 2.24. The van der Waals surface area contributed by atoms with E-state index in [0.29, 0.717) is 5.82 Å². The fourth-order valence-corrected chi connectivity index (χ4v) is 2.55. The molecule has 0 aliphatic heterocycles. The Bertz CT molecular complexity index is 975. The number of nitrogens with one attached hydrogen (secondary N) is 2. The van der Waals surface area contributed by atoms with Crippen LogP contribution in [-0.2, 0) is 0 Å². The highest BCUT2D eigenvalue weighted by Gasteiger charge is 2.15. The van der Waals surface area contributed by atoms with Crippen molar-refractivity contribution in [2.75, 3.05) is 5.32 Å². The first kappa shape index (κ1) is 14.9. The number of amides is 1. The smallest absolute Gasteiger partial charge is 0.292 e. The molecule has 122 valence electrons. The lowest BCUT2D eigenvalue weighted by atomic mass is 10.2. The molecule has 2 aromatic carbocycles. The Labute approximate surface area is 144 Å². The van der Waals surface area contributed by atoms with Gasteiger partial charge in [-0.15, -0.1) is 0 Å². The molecular formula is C19H15N5O. The molecule has 0 unspecified atom stereocenters. The summed E-state index contributed by atoms with van der Waals surface area (Å²) in [6, 6.07) is 21.3. The van der Waals surface area contributed by atoms with Gasteiger partial charge in [0, 0.05) is 24.0 Å². The van der Waals surface area contributed by atoms with Crippen molar-refractivity contribution in [1.82, 2.24) is 19.7 Å². The van der Waals surface area contributed by atoms with Gasteiger partial charge in [-0.2, -0.15) is 5.10 Å². The number of para-hydroxylation sites is 1. The first-order valence-corrected chi connectivity index (χ1v) is 7.83. The van der Waals surface area contributed by atoms with Gasteiger partial charge >= 0.3 is 0 Å². The molecule has 1 amide bonds. The van der Waals surface area contributed by atoms with Crippen molar-refractivity contribution in [3.63, 3.8) is 0 Å². The Hall–Kier alpha value is -3.67. The molecule has 0 fully saturated rings. The third-order valence-electron chi connectivity index (χ3n) is 3.73. The zero-order chi connectivity index (χ0) is 17.1. The largest absolute Gasteiger partial charge is 0.341 e. The van der Waals surface area contributed by atoms with E-state index >= 15 is 0 Å². The molecule has 2 N–H and O–H groups in total. The first-order chi connectivity index (χ1) is 12.3. The summed E-state index contributed by atoms with van der Waals surface area (Å²) in [6.45, 7) is 0. The van der Waals surface area contributed by atoms with Crippen molar-refractivity contribution >= 4 is 11.7 Å². The van der Waals surface area contributed by atoms with Crippen LogP contribution < -0.4 is 5.32 Å². The zero-order valence-corrected chi connectivity index (χ0v) is 13.3. The van der Waals surface area contributed by atoms with Crippen molar-refractivity contribution in [3.05, 3.63) is 84.9 Å². The molecule has 0 radical (unpaired) electrons. The summed E-state index contributed by atoms with van der Waals surface area (Å²) in [6.07, 6.45) is 3.15. The molecular weight excluding hydrogens is 314 g/mol. The van der Waals surface area contributed by atoms with Gasteiger partial charge in [0.2, 0.25) is 0 Å². The van der Waals surface area contributed by atoms with Crippen LogP contribution in [0, 0.1) is 0 Å². The SMILES string of the molecule is O=C(Nc1cc(-c2ccccc2)nn1-c1ccccc1)c1ncc[nH]1. The van der Waals surface area contributed by atoms with Crippen molar-refractivity contribution in [1.29, 1.82) is 0 Å². The average molecular weight is 329 g/mol. The minimum atomic E-state index is -0.318. The van der Waals surface area contributed by atoms with Crippen molar-refractivity contribution < 1.29 is 4.79 Å². The quantitative estimate of drug-likeness (QED) is 0.601. The molecule has 0 aliphatic rings. The third kappa shape index (κ3) is 3.05. The lowest BCUT2D eigenvalue weighted by Crippen LogP contribution is -2.16. The summed E-state index contributed by atoms with van der Waals surface area (Å²) < 4.78 is 1.71. The van der Waals surface area contributed by atoms with Crippen LogP contribution >= 0.6 is 0 Å². The minimum Gasteiger partial charge on any atom is -0.341 e. The number of aromatic nitrogens is 4. The highest BCUT2D eigenvalue weighted by molar-refractivity contribution is 6.01. The van der Waals surface area contributed by atoms with Gasteiger partial charge in [0.15, 0.2) is 5.82 Å². The second-order valence-electron chi connectivity index (χ2n) is 5.42. The monoisotopic (exact) mass is 329 g/mol. The molecule has 6 nitrogen and oxygen atoms in total. The van der Waals surface area contributed by atoms with Crippen LogP contribution in [0.4, 0.5) is 5.82 Å². The second kappa shape index (κ2) is 6.45. The maximum Gasteiger partial charge on any atom is 0.292 e. The van der Waals surface area contributed by atoms with E-state index in [4.69, 9.17) is 0 Å². The summed E-state index contributed by atoms with van der Waals surface area (Å²) in [5, 5.41) is 7.53. The van der Waals surface area contributed by atoms with Crippen LogP contribution in [0.25, 0.3) is 16.9 Å². The van der Waals surface area contributed by atoms with Crippen LogP contribution in [0.15, 0.2) is 79.1 Å². The van der Waals surface area contributed by atoms with E-state index in [-0.39, 0.29) is 11.7 Å². The van der Waals surface area contributed by atoms with Crippen molar-refractivity contribution in [2.24, 2.45) is 0 Å². The zero-order valence-electron chi connectivity index (χ0n) is 13.3. The Morgan fingerprint density at radius 3 is 2.40 bits per heavy atom. The Morgan fingerprint density at radius 2 is 1.72 bits per heavy atom. The van der Waals surface area contributed by atoms with Gasteiger partial charge in [-0.1, -0.05) is 48.5 Å². The van der Waals surface area contributed by atoms with Gasteiger partial charge in [0.1, 0.15) is 5.82 Å². The number of aromatic amines is 1. The maximum absolute atomic E-state index is 12.4. The van der Waals surface area contributed by atoms with Crippen molar-refractivity contribution in [3.8, 4) is 16.9 Å². The lowest BCUT2D eigenvalue weighted by Gasteiger charge is -2.07. The molecule has 0 aliphatic carbocycles. The lowest BCUT2D eigenvalue weighted by molar-refractivity contribution is 0.101. The summed E-state index contributed by atoms with van der Waals surface area (Å²) in [5.74, 6) is 0.509. The van der Waals surface area contributed by atoms with Crippen molar-refractivity contribution in [2.45, 2.75) is 0 Å². The number of nitrogens with zero attached hydrogens (tertiary/aromatic N) is 3. The van der Waals surface area contributed by atoms with Crippen LogP contribution in [0.5, 0.6) is 0 Å². The van der Waals surface area contributed by atoms with E-state index in [1.54, 1.807) is 17.1 Å². The molecule has 0 atom stereocenters. The minimum absolute atomic E-state index is 0.252. The Balaban J connectivity index is 1.76. The van der Waals surface area contributed by atoms with Gasteiger partial charge in [0.25, 0.3) is 5.91 Å². The van der Waals surface area contributed by atoms with E-state index < -0.39 is 0 Å². The van der Waals surface area contributed by atoms with E-state index in [2.05, 4.69) is 20.4 Å².